The molecule has 1 aromatic rings. The largest absolute Gasteiger partial charge is 0.368 e. The predicted octanol–water partition coefficient (Wildman–Crippen LogP) is 1.21. The lowest BCUT2D eigenvalue weighted by Crippen LogP contribution is -2.55. The fourth-order valence-electron chi connectivity index (χ4n) is 4.34. The highest BCUT2D eigenvalue weighted by atomic mass is 16.5. The van der Waals surface area contributed by atoms with Gasteiger partial charge in [-0.25, -0.2) is 0 Å². The van der Waals surface area contributed by atoms with Gasteiger partial charge < -0.3 is 24.8 Å². The fraction of sp³-hybridized carbons (Fsp3) is 0.591. The van der Waals surface area contributed by atoms with Gasteiger partial charge in [0, 0.05) is 65.0 Å². The number of rotatable bonds is 4. The zero-order valence-corrected chi connectivity index (χ0v) is 17.7. The van der Waals surface area contributed by atoms with E-state index in [1.165, 1.54) is 0 Å². The second-order valence-corrected chi connectivity index (χ2v) is 8.03. The lowest BCUT2D eigenvalue weighted by molar-refractivity contribution is -0.142. The molecule has 0 aromatic heterocycles. The number of benzene rings is 1. The van der Waals surface area contributed by atoms with Crippen molar-refractivity contribution in [2.24, 2.45) is 4.99 Å². The summed E-state index contributed by atoms with van der Waals surface area (Å²) >= 11 is 0. The standard InChI is InChI=1S/C22H31N5O3/c1-23-22(26-13-11-25(12-14-26)21(29)19-4-3-15-30-19)24-16-17-6-8-18(9-7-17)27-10-2-5-20(27)28/h6-9,19H,2-5,10-16H2,1H3,(H,23,24). The van der Waals surface area contributed by atoms with Crippen molar-refractivity contribution in [1.29, 1.82) is 0 Å². The second kappa shape index (κ2) is 9.47. The van der Waals surface area contributed by atoms with Crippen LogP contribution in [0, 0.1) is 0 Å². The van der Waals surface area contributed by atoms with Crippen LogP contribution in [0.2, 0.25) is 0 Å². The Balaban J connectivity index is 1.26. The van der Waals surface area contributed by atoms with Gasteiger partial charge in [-0.3, -0.25) is 14.6 Å². The Morgan fingerprint density at radius 1 is 1.10 bits per heavy atom. The SMILES string of the molecule is CN=C(NCc1ccc(N2CCCC2=O)cc1)N1CCN(C(=O)C2CCCO2)CC1. The van der Waals surface area contributed by atoms with E-state index in [-0.39, 0.29) is 17.9 Å². The lowest BCUT2D eigenvalue weighted by atomic mass is 10.2. The van der Waals surface area contributed by atoms with E-state index < -0.39 is 0 Å². The van der Waals surface area contributed by atoms with E-state index in [0.29, 0.717) is 32.7 Å². The second-order valence-electron chi connectivity index (χ2n) is 8.03. The van der Waals surface area contributed by atoms with Crippen molar-refractivity contribution < 1.29 is 14.3 Å². The monoisotopic (exact) mass is 413 g/mol. The summed E-state index contributed by atoms with van der Waals surface area (Å²) in [5, 5.41) is 3.42. The van der Waals surface area contributed by atoms with Gasteiger partial charge in [-0.05, 0) is 37.0 Å². The first-order valence-electron chi connectivity index (χ1n) is 10.9. The van der Waals surface area contributed by atoms with Gasteiger partial charge in [-0.2, -0.15) is 0 Å². The molecule has 1 atom stereocenters. The maximum Gasteiger partial charge on any atom is 0.251 e. The first-order chi connectivity index (χ1) is 14.7. The van der Waals surface area contributed by atoms with Crippen molar-refractivity contribution in [3.05, 3.63) is 29.8 Å². The maximum absolute atomic E-state index is 12.5. The molecule has 8 heteroatoms. The van der Waals surface area contributed by atoms with Gasteiger partial charge in [0.05, 0.1) is 0 Å². The minimum Gasteiger partial charge on any atom is -0.368 e. The van der Waals surface area contributed by atoms with Crippen LogP contribution in [-0.4, -0.2) is 80.1 Å². The zero-order valence-electron chi connectivity index (χ0n) is 17.7. The third-order valence-corrected chi connectivity index (χ3v) is 6.08. The minimum absolute atomic E-state index is 0.131. The van der Waals surface area contributed by atoms with Crippen molar-refractivity contribution in [2.75, 3.05) is 51.3 Å². The number of aliphatic imine (C=N–C) groups is 1. The molecule has 3 aliphatic heterocycles. The molecule has 30 heavy (non-hydrogen) atoms. The summed E-state index contributed by atoms with van der Waals surface area (Å²) in [6, 6.07) is 8.13. The summed E-state index contributed by atoms with van der Waals surface area (Å²) in [6.07, 6.45) is 3.15. The number of hydrogen-bond donors (Lipinski definition) is 1. The van der Waals surface area contributed by atoms with E-state index in [1.807, 2.05) is 21.9 Å². The first-order valence-corrected chi connectivity index (χ1v) is 10.9. The van der Waals surface area contributed by atoms with Gasteiger partial charge in [0.1, 0.15) is 6.10 Å². The number of amides is 2. The molecule has 3 heterocycles. The first kappa shape index (κ1) is 20.7. The van der Waals surface area contributed by atoms with Gasteiger partial charge in [-0.15, -0.1) is 0 Å². The Bertz CT molecular complexity index is 780. The Kier molecular flexibility index (Phi) is 6.52. The molecular weight excluding hydrogens is 382 g/mol. The number of hydrogen-bond acceptors (Lipinski definition) is 4. The molecule has 1 unspecified atom stereocenters. The molecule has 3 saturated heterocycles. The highest BCUT2D eigenvalue weighted by molar-refractivity contribution is 5.95. The fourth-order valence-corrected chi connectivity index (χ4v) is 4.34. The third kappa shape index (κ3) is 4.59. The molecule has 3 aliphatic rings. The van der Waals surface area contributed by atoms with Crippen LogP contribution in [0.5, 0.6) is 0 Å². The van der Waals surface area contributed by atoms with Crippen LogP contribution >= 0.6 is 0 Å². The topological polar surface area (TPSA) is 77.5 Å². The smallest absolute Gasteiger partial charge is 0.251 e. The van der Waals surface area contributed by atoms with Crippen LogP contribution in [0.1, 0.15) is 31.2 Å². The lowest BCUT2D eigenvalue weighted by Gasteiger charge is -2.37. The van der Waals surface area contributed by atoms with Crippen molar-refractivity contribution in [1.82, 2.24) is 15.1 Å². The highest BCUT2D eigenvalue weighted by Crippen LogP contribution is 2.21. The summed E-state index contributed by atoms with van der Waals surface area (Å²) < 4.78 is 5.54. The van der Waals surface area contributed by atoms with E-state index in [1.54, 1.807) is 7.05 Å². The van der Waals surface area contributed by atoms with Gasteiger partial charge in [0.25, 0.3) is 5.91 Å². The number of piperazine rings is 1. The molecule has 4 rings (SSSR count). The van der Waals surface area contributed by atoms with Gasteiger partial charge in [0.15, 0.2) is 5.96 Å². The van der Waals surface area contributed by atoms with Gasteiger partial charge in [0.2, 0.25) is 5.91 Å². The van der Waals surface area contributed by atoms with Crippen LogP contribution < -0.4 is 10.2 Å². The summed E-state index contributed by atoms with van der Waals surface area (Å²) in [7, 11) is 1.79. The molecule has 0 saturated carbocycles. The van der Waals surface area contributed by atoms with Gasteiger partial charge >= 0.3 is 0 Å². The predicted molar refractivity (Wildman–Crippen MR) is 115 cm³/mol. The molecule has 2 amide bonds. The summed E-state index contributed by atoms with van der Waals surface area (Å²) in [5.74, 6) is 1.18. The number of nitrogens with one attached hydrogen (secondary N) is 1. The zero-order chi connectivity index (χ0) is 20.9. The molecule has 162 valence electrons. The van der Waals surface area contributed by atoms with Crippen molar-refractivity contribution >= 4 is 23.5 Å². The number of carbonyl (C=O) groups excluding carboxylic acids is 2. The number of carbonyl (C=O) groups is 2. The van der Waals surface area contributed by atoms with Crippen LogP contribution in [0.25, 0.3) is 0 Å². The number of nitrogens with zero attached hydrogens (tertiary/aromatic N) is 4. The Hall–Kier alpha value is -2.61. The molecule has 8 nitrogen and oxygen atoms in total. The Labute approximate surface area is 177 Å². The molecule has 0 aliphatic carbocycles. The quantitative estimate of drug-likeness (QED) is 0.593. The maximum atomic E-state index is 12.5. The van der Waals surface area contributed by atoms with Crippen molar-refractivity contribution in [3.8, 4) is 0 Å². The summed E-state index contributed by atoms with van der Waals surface area (Å²) in [4.78, 5) is 34.8. The number of ether oxygens (including phenoxy) is 1. The van der Waals surface area contributed by atoms with Crippen LogP contribution in [0.4, 0.5) is 5.69 Å². The molecule has 1 N–H and O–H groups in total. The summed E-state index contributed by atoms with van der Waals surface area (Å²) in [6.45, 7) is 5.07. The van der Waals surface area contributed by atoms with Crippen molar-refractivity contribution in [3.63, 3.8) is 0 Å². The van der Waals surface area contributed by atoms with Crippen LogP contribution in [0.15, 0.2) is 29.3 Å². The van der Waals surface area contributed by atoms with E-state index >= 15 is 0 Å². The normalized spacial score (nSPS) is 22.7. The Morgan fingerprint density at radius 2 is 1.83 bits per heavy atom. The average molecular weight is 414 g/mol. The van der Waals surface area contributed by atoms with Crippen LogP contribution in [0.3, 0.4) is 0 Å². The average Bonchev–Trinajstić information content (AvgIpc) is 3.47. The van der Waals surface area contributed by atoms with Crippen molar-refractivity contribution in [2.45, 2.75) is 38.3 Å². The summed E-state index contributed by atoms with van der Waals surface area (Å²) in [5.41, 5.74) is 2.11. The van der Waals surface area contributed by atoms with E-state index in [2.05, 4.69) is 27.3 Å². The molecule has 0 bridgehead atoms. The van der Waals surface area contributed by atoms with E-state index in [0.717, 1.165) is 56.1 Å². The van der Waals surface area contributed by atoms with E-state index in [9.17, 15) is 9.59 Å². The third-order valence-electron chi connectivity index (χ3n) is 6.08. The minimum atomic E-state index is -0.243. The van der Waals surface area contributed by atoms with Gasteiger partial charge in [-0.1, -0.05) is 12.1 Å². The molecule has 3 fully saturated rings. The Morgan fingerprint density at radius 3 is 2.43 bits per heavy atom. The highest BCUT2D eigenvalue weighted by Gasteiger charge is 2.31. The number of guanidine groups is 1. The molecule has 1 aromatic carbocycles. The molecule has 0 radical (unpaired) electrons. The van der Waals surface area contributed by atoms with E-state index in [4.69, 9.17) is 4.74 Å². The molecular formula is C22H31N5O3. The molecule has 0 spiro atoms. The number of anilines is 1. The van der Waals surface area contributed by atoms with Crippen LogP contribution in [-0.2, 0) is 20.9 Å².